The maximum Gasteiger partial charge on any atom is 0.323 e. The molecule has 0 aliphatic carbocycles. The van der Waals surface area contributed by atoms with E-state index < -0.39 is 5.97 Å². The van der Waals surface area contributed by atoms with Gasteiger partial charge in [0, 0.05) is 17.3 Å². The third kappa shape index (κ3) is 4.50. The molecular formula is C17H18ClNO2. The van der Waals surface area contributed by atoms with Gasteiger partial charge in [-0.15, -0.1) is 0 Å². The highest BCUT2D eigenvalue weighted by Crippen LogP contribution is 2.20. The molecule has 0 saturated carbocycles. The van der Waals surface area contributed by atoms with Crippen molar-refractivity contribution in [2.75, 3.05) is 11.4 Å². The molecule has 0 aliphatic rings. The number of carboxylic acids is 1. The molecule has 2 rings (SSSR count). The number of carbonyl (C=O) groups is 1. The minimum absolute atomic E-state index is 0.0445. The Labute approximate surface area is 129 Å². The summed E-state index contributed by atoms with van der Waals surface area (Å²) in [5, 5.41) is 9.73. The Kier molecular flexibility index (Phi) is 5.23. The van der Waals surface area contributed by atoms with Crippen molar-refractivity contribution in [1.29, 1.82) is 0 Å². The molecule has 0 saturated heterocycles. The molecule has 0 bridgehead atoms. The van der Waals surface area contributed by atoms with Gasteiger partial charge in [0.1, 0.15) is 6.54 Å². The third-order valence-electron chi connectivity index (χ3n) is 3.32. The Bertz CT molecular complexity index is 593. The van der Waals surface area contributed by atoms with Gasteiger partial charge in [0.2, 0.25) is 0 Å². The molecule has 0 aromatic heterocycles. The van der Waals surface area contributed by atoms with E-state index >= 15 is 0 Å². The normalized spacial score (nSPS) is 10.4. The molecular weight excluding hydrogens is 286 g/mol. The van der Waals surface area contributed by atoms with E-state index in [0.29, 0.717) is 11.6 Å². The highest BCUT2D eigenvalue weighted by Gasteiger charge is 2.11. The van der Waals surface area contributed by atoms with Gasteiger partial charge in [0.05, 0.1) is 0 Å². The number of aryl methyl sites for hydroxylation is 1. The molecule has 0 unspecified atom stereocenters. The van der Waals surface area contributed by atoms with Gasteiger partial charge in [-0.1, -0.05) is 42.8 Å². The van der Waals surface area contributed by atoms with Gasteiger partial charge in [-0.3, -0.25) is 4.79 Å². The van der Waals surface area contributed by atoms with E-state index in [9.17, 15) is 4.79 Å². The Morgan fingerprint density at radius 2 is 1.62 bits per heavy atom. The van der Waals surface area contributed by atoms with Gasteiger partial charge in [-0.05, 0) is 41.8 Å². The van der Waals surface area contributed by atoms with Crippen molar-refractivity contribution in [2.24, 2.45) is 0 Å². The van der Waals surface area contributed by atoms with Gasteiger partial charge in [0.15, 0.2) is 0 Å². The quantitative estimate of drug-likeness (QED) is 0.877. The molecule has 2 aromatic carbocycles. The van der Waals surface area contributed by atoms with E-state index in [1.807, 2.05) is 29.2 Å². The van der Waals surface area contributed by atoms with Crippen LogP contribution in [0.3, 0.4) is 0 Å². The van der Waals surface area contributed by atoms with E-state index in [0.717, 1.165) is 17.7 Å². The second-order valence-electron chi connectivity index (χ2n) is 4.90. The summed E-state index contributed by atoms with van der Waals surface area (Å²) in [5.41, 5.74) is 3.21. The van der Waals surface area contributed by atoms with Crippen LogP contribution in [0.1, 0.15) is 18.1 Å². The van der Waals surface area contributed by atoms with Crippen LogP contribution >= 0.6 is 11.6 Å². The first-order chi connectivity index (χ1) is 10.1. The van der Waals surface area contributed by atoms with Crippen LogP contribution in [0.5, 0.6) is 0 Å². The number of nitrogens with zero attached hydrogens (tertiary/aromatic N) is 1. The van der Waals surface area contributed by atoms with Crippen LogP contribution in [0.25, 0.3) is 0 Å². The van der Waals surface area contributed by atoms with E-state index in [1.165, 1.54) is 5.56 Å². The SMILES string of the molecule is CCc1ccc(CN(CC(=O)O)c2ccc(Cl)cc2)cc1. The Morgan fingerprint density at radius 1 is 1.05 bits per heavy atom. The Morgan fingerprint density at radius 3 is 2.14 bits per heavy atom. The molecule has 0 aliphatic heterocycles. The maximum atomic E-state index is 11.1. The number of rotatable bonds is 6. The lowest BCUT2D eigenvalue weighted by Crippen LogP contribution is -2.29. The van der Waals surface area contributed by atoms with Crippen molar-refractivity contribution >= 4 is 23.3 Å². The molecule has 0 atom stereocenters. The number of aliphatic carboxylic acids is 1. The predicted octanol–water partition coefficient (Wildman–Crippen LogP) is 3.99. The summed E-state index contributed by atoms with van der Waals surface area (Å²) < 4.78 is 0. The molecule has 110 valence electrons. The smallest absolute Gasteiger partial charge is 0.323 e. The van der Waals surface area contributed by atoms with Crippen LogP contribution in [0.2, 0.25) is 5.02 Å². The van der Waals surface area contributed by atoms with Crippen molar-refractivity contribution in [2.45, 2.75) is 19.9 Å². The zero-order valence-electron chi connectivity index (χ0n) is 11.9. The molecule has 4 heteroatoms. The van der Waals surface area contributed by atoms with Crippen LogP contribution < -0.4 is 4.90 Å². The van der Waals surface area contributed by atoms with Crippen LogP contribution in [-0.4, -0.2) is 17.6 Å². The standard InChI is InChI=1S/C17H18ClNO2/c1-2-13-3-5-14(6-4-13)11-19(12-17(20)21)16-9-7-15(18)8-10-16/h3-10H,2,11-12H2,1H3,(H,20,21). The molecule has 21 heavy (non-hydrogen) atoms. The fourth-order valence-electron chi connectivity index (χ4n) is 2.15. The zero-order chi connectivity index (χ0) is 15.2. The number of carboxylic acid groups (broad SMARTS) is 1. The topological polar surface area (TPSA) is 40.5 Å². The van der Waals surface area contributed by atoms with E-state index in [-0.39, 0.29) is 6.54 Å². The molecule has 0 spiro atoms. The molecule has 0 amide bonds. The third-order valence-corrected chi connectivity index (χ3v) is 3.57. The van der Waals surface area contributed by atoms with Crippen LogP contribution in [0, 0.1) is 0 Å². The summed E-state index contributed by atoms with van der Waals surface area (Å²) in [6.07, 6.45) is 0.996. The summed E-state index contributed by atoms with van der Waals surface area (Å²) in [7, 11) is 0. The minimum atomic E-state index is -0.852. The Balaban J connectivity index is 2.19. The average Bonchev–Trinajstić information content (AvgIpc) is 2.48. The fourth-order valence-corrected chi connectivity index (χ4v) is 2.28. The molecule has 0 heterocycles. The summed E-state index contributed by atoms with van der Waals surface area (Å²) in [6.45, 7) is 2.62. The Hall–Kier alpha value is -2.00. The number of hydrogen-bond acceptors (Lipinski definition) is 2. The molecule has 3 nitrogen and oxygen atoms in total. The summed E-state index contributed by atoms with van der Waals surface area (Å²) in [4.78, 5) is 12.9. The molecule has 0 radical (unpaired) electrons. The lowest BCUT2D eigenvalue weighted by atomic mass is 10.1. The minimum Gasteiger partial charge on any atom is -0.480 e. The van der Waals surface area contributed by atoms with E-state index in [1.54, 1.807) is 12.1 Å². The maximum absolute atomic E-state index is 11.1. The monoisotopic (exact) mass is 303 g/mol. The second-order valence-corrected chi connectivity index (χ2v) is 5.33. The predicted molar refractivity (Wildman–Crippen MR) is 86.0 cm³/mol. The van der Waals surface area contributed by atoms with Gasteiger partial charge < -0.3 is 10.0 Å². The van der Waals surface area contributed by atoms with Gasteiger partial charge in [-0.2, -0.15) is 0 Å². The second kappa shape index (κ2) is 7.14. The lowest BCUT2D eigenvalue weighted by molar-refractivity contribution is -0.135. The van der Waals surface area contributed by atoms with Crippen molar-refractivity contribution in [3.05, 3.63) is 64.7 Å². The van der Waals surface area contributed by atoms with Crippen LogP contribution in [0.15, 0.2) is 48.5 Å². The molecule has 0 fully saturated rings. The van der Waals surface area contributed by atoms with Gasteiger partial charge in [0.25, 0.3) is 0 Å². The van der Waals surface area contributed by atoms with E-state index in [2.05, 4.69) is 19.1 Å². The first-order valence-electron chi connectivity index (χ1n) is 6.88. The van der Waals surface area contributed by atoms with Crippen molar-refractivity contribution in [3.63, 3.8) is 0 Å². The molecule has 1 N–H and O–H groups in total. The van der Waals surface area contributed by atoms with Crippen molar-refractivity contribution in [1.82, 2.24) is 0 Å². The number of halogens is 1. The van der Waals surface area contributed by atoms with Gasteiger partial charge >= 0.3 is 5.97 Å². The lowest BCUT2D eigenvalue weighted by Gasteiger charge is -2.23. The summed E-state index contributed by atoms with van der Waals surface area (Å²) in [6, 6.07) is 15.5. The average molecular weight is 304 g/mol. The number of hydrogen-bond donors (Lipinski definition) is 1. The summed E-state index contributed by atoms with van der Waals surface area (Å²) >= 11 is 5.88. The van der Waals surface area contributed by atoms with Gasteiger partial charge in [-0.25, -0.2) is 0 Å². The van der Waals surface area contributed by atoms with Crippen molar-refractivity contribution < 1.29 is 9.90 Å². The highest BCUT2D eigenvalue weighted by molar-refractivity contribution is 6.30. The van der Waals surface area contributed by atoms with E-state index in [4.69, 9.17) is 16.7 Å². The first kappa shape index (κ1) is 15.4. The van der Waals surface area contributed by atoms with Crippen LogP contribution in [0.4, 0.5) is 5.69 Å². The zero-order valence-corrected chi connectivity index (χ0v) is 12.7. The first-order valence-corrected chi connectivity index (χ1v) is 7.26. The molecule has 2 aromatic rings. The van der Waals surface area contributed by atoms with Crippen LogP contribution in [-0.2, 0) is 17.8 Å². The van der Waals surface area contributed by atoms with Crippen molar-refractivity contribution in [3.8, 4) is 0 Å². The fraction of sp³-hybridized carbons (Fsp3) is 0.235. The number of benzene rings is 2. The number of anilines is 1. The summed E-state index contributed by atoms with van der Waals surface area (Å²) in [5.74, 6) is -0.852. The highest BCUT2D eigenvalue weighted by atomic mass is 35.5. The largest absolute Gasteiger partial charge is 0.480 e.